The molecule has 2 rings (SSSR count). The van der Waals surface area contributed by atoms with Gasteiger partial charge in [0.2, 0.25) is 0 Å². The number of nitrogens with one attached hydrogen (secondary N) is 1. The van der Waals surface area contributed by atoms with E-state index in [0.717, 1.165) is 42.4 Å². The molecule has 1 aliphatic rings. The van der Waals surface area contributed by atoms with E-state index in [1.807, 2.05) is 12.2 Å². The van der Waals surface area contributed by atoms with E-state index in [9.17, 15) is 0 Å². The second-order valence-corrected chi connectivity index (χ2v) is 4.23. The lowest BCUT2D eigenvalue weighted by molar-refractivity contribution is 0.586. The number of hydrogen-bond acceptors (Lipinski definition) is 4. The Balaban J connectivity index is 2.29. The van der Waals surface area contributed by atoms with Crippen molar-refractivity contribution < 1.29 is 0 Å². The molecular weight excluding hydrogens is 206 g/mol. The third kappa shape index (κ3) is 1.96. The van der Waals surface area contributed by atoms with Crippen molar-refractivity contribution in [2.45, 2.75) is 0 Å². The Morgan fingerprint density at radius 2 is 2.00 bits per heavy atom. The summed E-state index contributed by atoms with van der Waals surface area (Å²) >= 11 is 1.49. The van der Waals surface area contributed by atoms with Crippen LogP contribution in [0.1, 0.15) is 10.4 Å². The monoisotopic (exact) mass is 221 g/mol. The Bertz CT molecular complexity index is 364. The van der Waals surface area contributed by atoms with E-state index in [4.69, 9.17) is 0 Å². The van der Waals surface area contributed by atoms with Crippen molar-refractivity contribution in [1.29, 1.82) is 0 Å². The summed E-state index contributed by atoms with van der Waals surface area (Å²) in [5, 5.41) is 3.33. The Hall–Kier alpha value is -1.13. The lowest BCUT2D eigenvalue weighted by Gasteiger charge is -2.28. The molecule has 1 fully saturated rings. The van der Waals surface area contributed by atoms with Crippen LogP contribution in [0.5, 0.6) is 0 Å². The van der Waals surface area contributed by atoms with Gasteiger partial charge >= 0.3 is 0 Å². The number of hydrogen-bond donors (Lipinski definition) is 1. The molecule has 0 unspecified atom stereocenters. The second kappa shape index (κ2) is 4.59. The molecule has 1 N–H and O–H groups in total. The topological polar surface area (TPSA) is 28.2 Å². The molecule has 0 bridgehead atoms. The highest BCUT2D eigenvalue weighted by Gasteiger charge is 2.17. The summed E-state index contributed by atoms with van der Waals surface area (Å²) < 4.78 is 4.48. The first kappa shape index (κ1) is 10.4. The predicted octanol–water partition coefficient (Wildman–Crippen LogP) is 1.84. The standard InChI is InChI=1S/C11H15N3S/c1-3-9-10(4-2)15-13-11(9)14-7-5-12-6-8-14/h3-4,12H,1-2,5-8H2. The van der Waals surface area contributed by atoms with Gasteiger partial charge in [0.25, 0.3) is 0 Å². The Labute approximate surface area is 94.3 Å². The first-order chi connectivity index (χ1) is 7.36. The number of anilines is 1. The first-order valence-electron chi connectivity index (χ1n) is 5.07. The van der Waals surface area contributed by atoms with Gasteiger partial charge in [-0.2, -0.15) is 4.37 Å². The Morgan fingerprint density at radius 1 is 1.27 bits per heavy atom. The third-order valence-electron chi connectivity index (χ3n) is 2.54. The minimum absolute atomic E-state index is 1.02. The maximum Gasteiger partial charge on any atom is 0.150 e. The largest absolute Gasteiger partial charge is 0.353 e. The third-order valence-corrected chi connectivity index (χ3v) is 3.39. The minimum Gasteiger partial charge on any atom is -0.353 e. The van der Waals surface area contributed by atoms with Crippen LogP contribution in [-0.2, 0) is 0 Å². The van der Waals surface area contributed by atoms with E-state index in [1.54, 1.807) is 0 Å². The highest BCUT2D eigenvalue weighted by atomic mass is 32.1. The number of aromatic nitrogens is 1. The van der Waals surface area contributed by atoms with E-state index in [0.29, 0.717) is 0 Å². The number of piperazine rings is 1. The number of rotatable bonds is 3. The van der Waals surface area contributed by atoms with Crippen LogP contribution in [0.3, 0.4) is 0 Å². The molecule has 2 heterocycles. The lowest BCUT2D eigenvalue weighted by Crippen LogP contribution is -2.43. The van der Waals surface area contributed by atoms with Crippen LogP contribution < -0.4 is 10.2 Å². The van der Waals surface area contributed by atoms with Crippen LogP contribution in [0.15, 0.2) is 13.2 Å². The fraction of sp³-hybridized carbons (Fsp3) is 0.364. The van der Waals surface area contributed by atoms with E-state index in [-0.39, 0.29) is 0 Å². The summed E-state index contributed by atoms with van der Waals surface area (Å²) in [6.07, 6.45) is 3.72. The van der Waals surface area contributed by atoms with Gasteiger partial charge in [-0.25, -0.2) is 0 Å². The molecule has 3 nitrogen and oxygen atoms in total. The average Bonchev–Trinajstić information content (AvgIpc) is 2.72. The van der Waals surface area contributed by atoms with Gasteiger partial charge in [0, 0.05) is 31.7 Å². The predicted molar refractivity (Wildman–Crippen MR) is 67.4 cm³/mol. The van der Waals surface area contributed by atoms with Gasteiger partial charge in [-0.05, 0) is 17.6 Å². The fourth-order valence-corrected chi connectivity index (χ4v) is 2.49. The molecule has 0 aromatic carbocycles. The quantitative estimate of drug-likeness (QED) is 0.844. The van der Waals surface area contributed by atoms with Crippen molar-refractivity contribution in [2.24, 2.45) is 0 Å². The summed E-state index contributed by atoms with van der Waals surface area (Å²) in [7, 11) is 0. The molecule has 0 radical (unpaired) electrons. The Kier molecular flexibility index (Phi) is 3.18. The van der Waals surface area contributed by atoms with Gasteiger partial charge in [0.1, 0.15) is 5.82 Å². The average molecular weight is 221 g/mol. The van der Waals surface area contributed by atoms with Crippen LogP contribution in [-0.4, -0.2) is 30.6 Å². The molecule has 0 saturated carbocycles. The van der Waals surface area contributed by atoms with E-state index < -0.39 is 0 Å². The zero-order chi connectivity index (χ0) is 10.7. The summed E-state index contributed by atoms with van der Waals surface area (Å²) in [5.41, 5.74) is 1.12. The molecule has 80 valence electrons. The van der Waals surface area contributed by atoms with E-state index >= 15 is 0 Å². The Morgan fingerprint density at radius 3 is 2.60 bits per heavy atom. The molecule has 0 spiro atoms. The molecule has 0 amide bonds. The van der Waals surface area contributed by atoms with Crippen molar-refractivity contribution >= 4 is 29.5 Å². The zero-order valence-corrected chi connectivity index (χ0v) is 9.52. The number of nitrogens with zero attached hydrogens (tertiary/aromatic N) is 2. The molecule has 4 heteroatoms. The zero-order valence-electron chi connectivity index (χ0n) is 8.70. The first-order valence-corrected chi connectivity index (χ1v) is 5.84. The highest BCUT2D eigenvalue weighted by Crippen LogP contribution is 2.28. The molecule has 1 saturated heterocycles. The molecule has 1 aromatic heterocycles. The van der Waals surface area contributed by atoms with Crippen molar-refractivity contribution in [1.82, 2.24) is 9.69 Å². The van der Waals surface area contributed by atoms with Crippen LogP contribution >= 0.6 is 11.5 Å². The van der Waals surface area contributed by atoms with Crippen LogP contribution in [0, 0.1) is 0 Å². The van der Waals surface area contributed by atoms with Crippen LogP contribution in [0.25, 0.3) is 12.2 Å². The van der Waals surface area contributed by atoms with Gasteiger partial charge in [0.05, 0.1) is 4.88 Å². The SMILES string of the molecule is C=Cc1snc(N2CCNCC2)c1C=C. The van der Waals surface area contributed by atoms with Crippen LogP contribution in [0.4, 0.5) is 5.82 Å². The fourth-order valence-electron chi connectivity index (χ4n) is 1.74. The maximum absolute atomic E-state index is 4.48. The van der Waals surface area contributed by atoms with Gasteiger partial charge < -0.3 is 10.2 Å². The molecule has 0 aliphatic carbocycles. The van der Waals surface area contributed by atoms with Gasteiger partial charge in [-0.3, -0.25) is 0 Å². The van der Waals surface area contributed by atoms with Gasteiger partial charge in [-0.1, -0.05) is 19.2 Å². The van der Waals surface area contributed by atoms with Gasteiger partial charge in [0.15, 0.2) is 0 Å². The minimum atomic E-state index is 1.02. The lowest BCUT2D eigenvalue weighted by atomic mass is 10.2. The normalized spacial score (nSPS) is 16.4. The van der Waals surface area contributed by atoms with Crippen LogP contribution in [0.2, 0.25) is 0 Å². The summed E-state index contributed by atoms with van der Waals surface area (Å²) in [6.45, 7) is 11.7. The van der Waals surface area contributed by atoms with E-state index in [2.05, 4.69) is 27.7 Å². The van der Waals surface area contributed by atoms with Gasteiger partial charge in [-0.15, -0.1) is 0 Å². The molecular formula is C11H15N3S. The van der Waals surface area contributed by atoms with Crippen molar-refractivity contribution in [3.63, 3.8) is 0 Å². The summed E-state index contributed by atoms with van der Waals surface area (Å²) in [5.74, 6) is 1.06. The van der Waals surface area contributed by atoms with Crippen molar-refractivity contribution in [2.75, 3.05) is 31.1 Å². The molecule has 15 heavy (non-hydrogen) atoms. The highest BCUT2D eigenvalue weighted by molar-refractivity contribution is 7.07. The second-order valence-electron chi connectivity index (χ2n) is 3.43. The summed E-state index contributed by atoms with van der Waals surface area (Å²) in [4.78, 5) is 3.41. The molecule has 0 atom stereocenters. The van der Waals surface area contributed by atoms with E-state index in [1.165, 1.54) is 11.5 Å². The smallest absolute Gasteiger partial charge is 0.150 e. The van der Waals surface area contributed by atoms with Crippen molar-refractivity contribution in [3.05, 3.63) is 23.6 Å². The molecule has 1 aromatic rings. The maximum atomic E-state index is 4.48. The summed E-state index contributed by atoms with van der Waals surface area (Å²) in [6, 6.07) is 0. The van der Waals surface area contributed by atoms with Crippen molar-refractivity contribution in [3.8, 4) is 0 Å². The molecule has 1 aliphatic heterocycles.